The molecule has 0 aliphatic rings. The van der Waals surface area contributed by atoms with Gasteiger partial charge in [-0.3, -0.25) is 0 Å². The van der Waals surface area contributed by atoms with Crippen molar-refractivity contribution in [3.63, 3.8) is 0 Å². The van der Waals surface area contributed by atoms with Crippen molar-refractivity contribution in [3.8, 4) is 0 Å². The molecule has 7 heteroatoms. The summed E-state index contributed by atoms with van der Waals surface area (Å²) in [6, 6.07) is 0. The van der Waals surface area contributed by atoms with E-state index in [0.717, 1.165) is 0 Å². The van der Waals surface area contributed by atoms with Crippen molar-refractivity contribution in [3.05, 3.63) is 0 Å². The van der Waals surface area contributed by atoms with Crippen LogP contribution < -0.4 is 0 Å². The maximum atomic E-state index is 11.6. The maximum Gasteiger partial charge on any atom is 0.411 e. The Hall–Kier alpha value is -0.0400. The van der Waals surface area contributed by atoms with Crippen molar-refractivity contribution < 1.29 is 27.4 Å². The molecule has 0 atom stereocenters. The predicted octanol–water partition coefficient (Wildman–Crippen LogP) is 1.84. The Labute approximate surface area is 91.4 Å². The van der Waals surface area contributed by atoms with Gasteiger partial charge in [-0.2, -0.15) is 13.2 Å². The molecule has 0 saturated carbocycles. The highest BCUT2D eigenvalue weighted by Crippen LogP contribution is 2.13. The van der Waals surface area contributed by atoms with Gasteiger partial charge in [-0.05, 0) is 0 Å². The summed E-state index contributed by atoms with van der Waals surface area (Å²) in [7, 11) is 0. The molecule has 92 valence electrons. The van der Waals surface area contributed by atoms with E-state index in [0.29, 0.717) is 25.7 Å². The van der Waals surface area contributed by atoms with Crippen LogP contribution in [0.4, 0.5) is 13.2 Å². The van der Waals surface area contributed by atoms with E-state index in [1.54, 1.807) is 0 Å². The van der Waals surface area contributed by atoms with Crippen LogP contribution in [0.3, 0.4) is 0 Å². The lowest BCUT2D eigenvalue weighted by Crippen LogP contribution is -2.19. The summed E-state index contributed by atoms with van der Waals surface area (Å²) in [4.78, 5) is 0. The molecule has 0 unspecified atom stereocenters. The van der Waals surface area contributed by atoms with Crippen molar-refractivity contribution in [2.75, 3.05) is 45.5 Å². The SMILES string of the molecule is FC(F)(F)COCCOCCOCCCl. The zero-order valence-corrected chi connectivity index (χ0v) is 8.94. The Morgan fingerprint density at radius 3 is 1.73 bits per heavy atom. The Morgan fingerprint density at radius 1 is 0.800 bits per heavy atom. The van der Waals surface area contributed by atoms with Crippen molar-refractivity contribution in [2.24, 2.45) is 0 Å². The number of rotatable bonds is 9. The minimum atomic E-state index is -4.27. The fourth-order valence-corrected chi connectivity index (χ4v) is 0.791. The molecule has 0 bridgehead atoms. The second-order valence-corrected chi connectivity index (χ2v) is 2.96. The Morgan fingerprint density at radius 2 is 1.27 bits per heavy atom. The summed E-state index contributed by atoms with van der Waals surface area (Å²) >= 11 is 5.33. The van der Waals surface area contributed by atoms with Crippen LogP contribution in [0.1, 0.15) is 0 Å². The van der Waals surface area contributed by atoms with Gasteiger partial charge < -0.3 is 14.2 Å². The fourth-order valence-electron chi connectivity index (χ4n) is 0.682. The second kappa shape index (κ2) is 9.21. The number of alkyl halides is 4. The van der Waals surface area contributed by atoms with Gasteiger partial charge in [0.1, 0.15) is 6.61 Å². The Bertz CT molecular complexity index is 144. The Balaban J connectivity index is 2.99. The summed E-state index contributed by atoms with van der Waals surface area (Å²) in [5, 5.41) is 0. The third kappa shape index (κ3) is 14.0. The second-order valence-electron chi connectivity index (χ2n) is 2.58. The molecule has 3 nitrogen and oxygen atoms in total. The third-order valence-electron chi connectivity index (χ3n) is 1.23. The van der Waals surface area contributed by atoms with Gasteiger partial charge >= 0.3 is 6.18 Å². The van der Waals surface area contributed by atoms with E-state index in [1.807, 2.05) is 0 Å². The van der Waals surface area contributed by atoms with Gasteiger partial charge in [0.05, 0.1) is 33.0 Å². The molecule has 0 aromatic carbocycles. The molecule has 0 aromatic heterocycles. The molecule has 0 fully saturated rings. The zero-order chi connectivity index (χ0) is 11.6. The summed E-state index contributed by atoms with van der Waals surface area (Å²) < 4.78 is 48.9. The number of halogens is 4. The van der Waals surface area contributed by atoms with Crippen LogP contribution in [0, 0.1) is 0 Å². The molecule has 0 spiro atoms. The van der Waals surface area contributed by atoms with Crippen LogP contribution in [-0.4, -0.2) is 51.7 Å². The molecule has 0 N–H and O–H groups in total. The van der Waals surface area contributed by atoms with Crippen LogP contribution in [0.25, 0.3) is 0 Å². The topological polar surface area (TPSA) is 27.7 Å². The van der Waals surface area contributed by atoms with E-state index in [9.17, 15) is 13.2 Å². The van der Waals surface area contributed by atoms with E-state index in [4.69, 9.17) is 21.1 Å². The van der Waals surface area contributed by atoms with E-state index < -0.39 is 12.8 Å². The average Bonchev–Trinajstić information content (AvgIpc) is 2.14. The van der Waals surface area contributed by atoms with Gasteiger partial charge in [-0.15, -0.1) is 11.6 Å². The standard InChI is InChI=1S/C8H14ClF3O3/c9-1-2-13-3-4-14-5-6-15-7-8(10,11)12/h1-7H2. The molecule has 0 aromatic rings. The van der Waals surface area contributed by atoms with E-state index in [1.165, 1.54) is 0 Å². The molecule has 15 heavy (non-hydrogen) atoms. The van der Waals surface area contributed by atoms with Crippen molar-refractivity contribution in [1.82, 2.24) is 0 Å². The highest BCUT2D eigenvalue weighted by molar-refractivity contribution is 6.17. The molecule has 0 amide bonds. The first-order chi connectivity index (χ1) is 7.06. The van der Waals surface area contributed by atoms with Gasteiger partial charge in [0.2, 0.25) is 0 Å². The smallest absolute Gasteiger partial charge is 0.378 e. The summed E-state index contributed by atoms with van der Waals surface area (Å²) in [6.45, 7) is -0.0395. The number of ether oxygens (including phenoxy) is 3. The lowest BCUT2D eigenvalue weighted by molar-refractivity contribution is -0.176. The largest absolute Gasteiger partial charge is 0.411 e. The lowest BCUT2D eigenvalue weighted by atomic mass is 10.7. The van der Waals surface area contributed by atoms with Gasteiger partial charge in [0, 0.05) is 5.88 Å². The van der Waals surface area contributed by atoms with Gasteiger partial charge in [0.15, 0.2) is 0 Å². The Kier molecular flexibility index (Phi) is 9.18. The zero-order valence-electron chi connectivity index (χ0n) is 8.19. The third-order valence-corrected chi connectivity index (χ3v) is 1.39. The molecule has 0 radical (unpaired) electrons. The summed E-state index contributed by atoms with van der Waals surface area (Å²) in [6.07, 6.45) is -4.27. The highest BCUT2D eigenvalue weighted by Gasteiger charge is 2.27. The van der Waals surface area contributed by atoms with Crippen LogP contribution >= 0.6 is 11.6 Å². The van der Waals surface area contributed by atoms with E-state index in [-0.39, 0.29) is 13.2 Å². The van der Waals surface area contributed by atoms with Crippen LogP contribution in [0.2, 0.25) is 0 Å². The minimum absolute atomic E-state index is 0.0744. The summed E-state index contributed by atoms with van der Waals surface area (Å²) in [5.74, 6) is 0.411. The molecule has 0 heterocycles. The quantitative estimate of drug-likeness (QED) is 0.462. The minimum Gasteiger partial charge on any atom is -0.378 e. The predicted molar refractivity (Wildman–Crippen MR) is 49.2 cm³/mol. The molecule has 0 saturated heterocycles. The normalized spacial score (nSPS) is 12.0. The van der Waals surface area contributed by atoms with Crippen molar-refractivity contribution in [1.29, 1.82) is 0 Å². The maximum absolute atomic E-state index is 11.6. The summed E-state index contributed by atoms with van der Waals surface area (Å²) in [5.41, 5.74) is 0. The highest BCUT2D eigenvalue weighted by atomic mass is 35.5. The average molecular weight is 251 g/mol. The van der Waals surface area contributed by atoms with Gasteiger partial charge in [-0.1, -0.05) is 0 Å². The lowest BCUT2D eigenvalue weighted by Gasteiger charge is -2.08. The number of hydrogen-bond acceptors (Lipinski definition) is 3. The van der Waals surface area contributed by atoms with Gasteiger partial charge in [-0.25, -0.2) is 0 Å². The first-order valence-electron chi connectivity index (χ1n) is 4.42. The van der Waals surface area contributed by atoms with Crippen LogP contribution in [0.5, 0.6) is 0 Å². The molecular formula is C8H14ClF3O3. The molecular weight excluding hydrogens is 237 g/mol. The van der Waals surface area contributed by atoms with E-state index >= 15 is 0 Å². The van der Waals surface area contributed by atoms with Crippen LogP contribution in [0.15, 0.2) is 0 Å². The van der Waals surface area contributed by atoms with Gasteiger partial charge in [0.25, 0.3) is 0 Å². The molecule has 0 aliphatic carbocycles. The van der Waals surface area contributed by atoms with Crippen LogP contribution in [-0.2, 0) is 14.2 Å². The first kappa shape index (κ1) is 15.0. The first-order valence-corrected chi connectivity index (χ1v) is 4.95. The molecule has 0 rings (SSSR count). The van der Waals surface area contributed by atoms with Crippen molar-refractivity contribution in [2.45, 2.75) is 6.18 Å². The van der Waals surface area contributed by atoms with Crippen molar-refractivity contribution >= 4 is 11.6 Å². The monoisotopic (exact) mass is 250 g/mol. The number of hydrogen-bond donors (Lipinski definition) is 0. The van der Waals surface area contributed by atoms with E-state index in [2.05, 4.69) is 4.74 Å². The fraction of sp³-hybridized carbons (Fsp3) is 1.00. The molecule has 0 aliphatic heterocycles.